The van der Waals surface area contributed by atoms with Crippen LogP contribution in [0.4, 0.5) is 0 Å². The van der Waals surface area contributed by atoms with Gasteiger partial charge in [0.2, 0.25) is 0 Å². The Balaban J connectivity index is 1.60. The summed E-state index contributed by atoms with van der Waals surface area (Å²) in [6.45, 7) is 10.5. The molecule has 3 unspecified atom stereocenters. The van der Waals surface area contributed by atoms with Gasteiger partial charge in [0, 0.05) is 31.2 Å². The molecule has 3 aliphatic rings. The smallest absolute Gasteiger partial charge is 0.0710 e. The molecule has 3 nitrogen and oxygen atoms in total. The molecule has 0 bridgehead atoms. The monoisotopic (exact) mass is 294 g/mol. The molecule has 3 fully saturated rings. The van der Waals surface area contributed by atoms with Crippen LogP contribution in [0.2, 0.25) is 0 Å². The van der Waals surface area contributed by atoms with Crippen LogP contribution in [-0.4, -0.2) is 47.8 Å². The Labute approximate surface area is 130 Å². The van der Waals surface area contributed by atoms with Gasteiger partial charge >= 0.3 is 0 Å². The van der Waals surface area contributed by atoms with Crippen LogP contribution in [0.1, 0.15) is 72.1 Å². The van der Waals surface area contributed by atoms with Gasteiger partial charge in [-0.25, -0.2) is 0 Å². The predicted octanol–water partition coefficient (Wildman–Crippen LogP) is 3.33. The molecule has 3 rings (SSSR count). The Morgan fingerprint density at radius 3 is 2.67 bits per heavy atom. The van der Waals surface area contributed by atoms with E-state index in [1.54, 1.807) is 0 Å². The molecule has 3 heteroatoms. The molecule has 0 amide bonds. The van der Waals surface area contributed by atoms with E-state index >= 15 is 0 Å². The number of piperazine rings is 1. The van der Waals surface area contributed by atoms with Crippen LogP contribution in [0, 0.1) is 0 Å². The average Bonchev–Trinajstić information content (AvgIpc) is 2.86. The third kappa shape index (κ3) is 3.30. The molecular formula is C18H34N2O. The molecule has 2 aliphatic heterocycles. The van der Waals surface area contributed by atoms with Gasteiger partial charge in [0.05, 0.1) is 11.7 Å². The van der Waals surface area contributed by atoms with Gasteiger partial charge in [-0.15, -0.1) is 0 Å². The Morgan fingerprint density at radius 2 is 1.95 bits per heavy atom. The SMILES string of the molecule is CCC1(C)CNC(C)CN1CC1CCC2(CCCCC2)O1. The summed E-state index contributed by atoms with van der Waals surface area (Å²) in [5.74, 6) is 0. The summed E-state index contributed by atoms with van der Waals surface area (Å²) in [6, 6.07) is 0.606. The van der Waals surface area contributed by atoms with Crippen LogP contribution < -0.4 is 5.32 Å². The van der Waals surface area contributed by atoms with Gasteiger partial charge in [-0.3, -0.25) is 4.90 Å². The third-order valence-corrected chi connectivity index (χ3v) is 6.38. The fourth-order valence-electron chi connectivity index (χ4n) is 4.60. The van der Waals surface area contributed by atoms with Crippen molar-refractivity contribution in [3.05, 3.63) is 0 Å². The van der Waals surface area contributed by atoms with Crippen molar-refractivity contribution in [3.63, 3.8) is 0 Å². The van der Waals surface area contributed by atoms with Gasteiger partial charge in [-0.05, 0) is 46.0 Å². The molecule has 0 aromatic heterocycles. The van der Waals surface area contributed by atoms with E-state index in [2.05, 4.69) is 31.0 Å². The van der Waals surface area contributed by atoms with E-state index < -0.39 is 0 Å². The lowest BCUT2D eigenvalue weighted by atomic mass is 9.83. The number of nitrogens with zero attached hydrogens (tertiary/aromatic N) is 1. The summed E-state index contributed by atoms with van der Waals surface area (Å²) in [6.07, 6.45) is 11.1. The minimum atomic E-state index is 0.269. The number of ether oxygens (including phenoxy) is 1. The Bertz CT molecular complexity index is 353. The van der Waals surface area contributed by atoms with Gasteiger partial charge in [-0.1, -0.05) is 26.2 Å². The second kappa shape index (κ2) is 6.17. The van der Waals surface area contributed by atoms with Crippen molar-refractivity contribution >= 4 is 0 Å². The summed E-state index contributed by atoms with van der Waals surface area (Å²) >= 11 is 0. The molecule has 0 aromatic rings. The minimum Gasteiger partial charge on any atom is -0.370 e. The van der Waals surface area contributed by atoms with Crippen LogP contribution in [0.15, 0.2) is 0 Å². The van der Waals surface area contributed by atoms with Gasteiger partial charge in [-0.2, -0.15) is 0 Å². The van der Waals surface area contributed by atoms with Crippen LogP contribution in [0.5, 0.6) is 0 Å². The van der Waals surface area contributed by atoms with E-state index in [1.165, 1.54) is 51.4 Å². The number of hydrogen-bond donors (Lipinski definition) is 1. The number of rotatable bonds is 3. The van der Waals surface area contributed by atoms with E-state index in [4.69, 9.17) is 4.74 Å². The first kappa shape index (κ1) is 15.8. The standard InChI is InChI=1S/C18H34N2O/c1-4-17(3)14-19-15(2)12-20(17)13-16-8-11-18(21-16)9-6-5-7-10-18/h15-16,19H,4-14H2,1-3H3. The highest BCUT2D eigenvalue weighted by Gasteiger charge is 2.43. The highest BCUT2D eigenvalue weighted by Crippen LogP contribution is 2.42. The lowest BCUT2D eigenvalue weighted by Gasteiger charge is -2.48. The van der Waals surface area contributed by atoms with Crippen molar-refractivity contribution in [3.8, 4) is 0 Å². The number of nitrogens with one attached hydrogen (secondary N) is 1. The maximum atomic E-state index is 6.60. The van der Waals surface area contributed by atoms with Crippen LogP contribution >= 0.6 is 0 Å². The largest absolute Gasteiger partial charge is 0.370 e. The molecule has 1 aliphatic carbocycles. The van der Waals surface area contributed by atoms with Crippen molar-refractivity contribution in [1.29, 1.82) is 0 Å². The third-order valence-electron chi connectivity index (χ3n) is 6.38. The normalized spacial score (nSPS) is 40.7. The minimum absolute atomic E-state index is 0.269. The Morgan fingerprint density at radius 1 is 1.19 bits per heavy atom. The van der Waals surface area contributed by atoms with Gasteiger partial charge < -0.3 is 10.1 Å². The van der Waals surface area contributed by atoms with Crippen LogP contribution in [0.3, 0.4) is 0 Å². The molecule has 1 spiro atoms. The van der Waals surface area contributed by atoms with Crippen molar-refractivity contribution in [1.82, 2.24) is 10.2 Å². The first-order valence-corrected chi connectivity index (χ1v) is 9.22. The molecule has 122 valence electrons. The Kier molecular flexibility index (Phi) is 4.63. The topological polar surface area (TPSA) is 24.5 Å². The summed E-state index contributed by atoms with van der Waals surface area (Å²) < 4.78 is 6.60. The highest BCUT2D eigenvalue weighted by molar-refractivity contribution is 4.97. The zero-order chi connectivity index (χ0) is 14.9. The fourth-order valence-corrected chi connectivity index (χ4v) is 4.60. The zero-order valence-electron chi connectivity index (χ0n) is 14.3. The van der Waals surface area contributed by atoms with Crippen LogP contribution in [-0.2, 0) is 4.74 Å². The molecule has 2 heterocycles. The quantitative estimate of drug-likeness (QED) is 0.864. The van der Waals surface area contributed by atoms with Gasteiger partial charge in [0.15, 0.2) is 0 Å². The summed E-state index contributed by atoms with van der Waals surface area (Å²) in [7, 11) is 0. The zero-order valence-corrected chi connectivity index (χ0v) is 14.3. The first-order chi connectivity index (χ1) is 10.1. The van der Waals surface area contributed by atoms with Gasteiger partial charge in [0.25, 0.3) is 0 Å². The summed E-state index contributed by atoms with van der Waals surface area (Å²) in [5, 5.41) is 3.65. The number of hydrogen-bond acceptors (Lipinski definition) is 3. The lowest BCUT2D eigenvalue weighted by Crippen LogP contribution is -2.63. The fraction of sp³-hybridized carbons (Fsp3) is 1.00. The summed E-state index contributed by atoms with van der Waals surface area (Å²) in [4.78, 5) is 2.71. The maximum absolute atomic E-state index is 6.60. The molecule has 3 atom stereocenters. The van der Waals surface area contributed by atoms with E-state index in [1.807, 2.05) is 0 Å². The van der Waals surface area contributed by atoms with Crippen molar-refractivity contribution in [2.75, 3.05) is 19.6 Å². The lowest BCUT2D eigenvalue weighted by molar-refractivity contribution is -0.0848. The van der Waals surface area contributed by atoms with Crippen molar-refractivity contribution in [2.45, 2.75) is 95.4 Å². The molecule has 2 saturated heterocycles. The molecule has 0 radical (unpaired) electrons. The maximum Gasteiger partial charge on any atom is 0.0710 e. The highest BCUT2D eigenvalue weighted by atomic mass is 16.5. The average molecular weight is 294 g/mol. The van der Waals surface area contributed by atoms with Gasteiger partial charge in [0.1, 0.15) is 0 Å². The van der Waals surface area contributed by atoms with E-state index in [-0.39, 0.29) is 5.60 Å². The van der Waals surface area contributed by atoms with Crippen molar-refractivity contribution < 1.29 is 4.74 Å². The first-order valence-electron chi connectivity index (χ1n) is 9.22. The molecule has 1 saturated carbocycles. The second-order valence-electron chi connectivity index (χ2n) is 8.06. The molecular weight excluding hydrogens is 260 g/mol. The van der Waals surface area contributed by atoms with E-state index in [0.29, 0.717) is 17.7 Å². The molecule has 1 N–H and O–H groups in total. The molecule has 21 heavy (non-hydrogen) atoms. The van der Waals surface area contributed by atoms with E-state index in [0.717, 1.165) is 19.6 Å². The molecule has 0 aromatic carbocycles. The Hall–Kier alpha value is -0.120. The van der Waals surface area contributed by atoms with Crippen LogP contribution in [0.25, 0.3) is 0 Å². The summed E-state index contributed by atoms with van der Waals surface area (Å²) in [5.41, 5.74) is 0.573. The predicted molar refractivity (Wildman–Crippen MR) is 87.7 cm³/mol. The van der Waals surface area contributed by atoms with Crippen molar-refractivity contribution in [2.24, 2.45) is 0 Å². The second-order valence-corrected chi connectivity index (χ2v) is 8.06. The van der Waals surface area contributed by atoms with E-state index in [9.17, 15) is 0 Å².